The van der Waals surface area contributed by atoms with Gasteiger partial charge in [0.2, 0.25) is 5.95 Å². The number of rotatable bonds is 3. The van der Waals surface area contributed by atoms with Crippen molar-refractivity contribution in [2.24, 2.45) is 0 Å². The van der Waals surface area contributed by atoms with Crippen LogP contribution < -0.4 is 5.73 Å². The molecule has 0 atom stereocenters. The number of imidazole rings is 1. The highest BCUT2D eigenvalue weighted by molar-refractivity contribution is 7.07. The third-order valence-corrected chi connectivity index (χ3v) is 3.77. The molecule has 0 radical (unpaired) electrons. The maximum absolute atomic E-state index is 13.5. The number of nitrogens with zero attached hydrogens (tertiary/aromatic N) is 3. The van der Waals surface area contributed by atoms with E-state index < -0.39 is 0 Å². The number of anilines is 1. The van der Waals surface area contributed by atoms with Crippen LogP contribution in [0.3, 0.4) is 0 Å². The molecule has 2 N–H and O–H groups in total. The molecule has 4 nitrogen and oxygen atoms in total. The summed E-state index contributed by atoms with van der Waals surface area (Å²) in [6.45, 7) is 2.43. The van der Waals surface area contributed by atoms with Crippen LogP contribution in [-0.4, -0.2) is 14.5 Å². The van der Waals surface area contributed by atoms with Crippen LogP contribution in [-0.2, 0) is 13.0 Å². The topological polar surface area (TPSA) is 56.7 Å². The number of aryl methyl sites for hydroxylation is 3. The Labute approximate surface area is 113 Å². The van der Waals surface area contributed by atoms with E-state index in [1.807, 2.05) is 15.5 Å². The lowest BCUT2D eigenvalue weighted by Crippen LogP contribution is -2.06. The van der Waals surface area contributed by atoms with Crippen molar-refractivity contribution in [2.75, 3.05) is 5.73 Å². The Morgan fingerprint density at radius 1 is 1.42 bits per heavy atom. The van der Waals surface area contributed by atoms with Gasteiger partial charge in [-0.05, 0) is 18.6 Å². The molecular weight excluding hydrogens is 263 g/mol. The highest BCUT2D eigenvalue weighted by Gasteiger charge is 2.11. The van der Waals surface area contributed by atoms with Crippen molar-refractivity contribution in [1.82, 2.24) is 14.5 Å². The zero-order valence-corrected chi connectivity index (χ0v) is 11.2. The second-order valence-corrected chi connectivity index (χ2v) is 5.16. The van der Waals surface area contributed by atoms with Gasteiger partial charge in [-0.25, -0.2) is 14.4 Å². The second-order valence-electron chi connectivity index (χ2n) is 4.44. The van der Waals surface area contributed by atoms with Gasteiger partial charge >= 0.3 is 0 Å². The third-order valence-electron chi connectivity index (χ3n) is 3.13. The van der Waals surface area contributed by atoms with Crippen LogP contribution >= 0.6 is 11.3 Å². The minimum atomic E-state index is -0.253. The summed E-state index contributed by atoms with van der Waals surface area (Å²) in [5.41, 5.74) is 10.8. The fourth-order valence-electron chi connectivity index (χ4n) is 2.09. The summed E-state index contributed by atoms with van der Waals surface area (Å²) in [5.74, 6) is 0.159. The van der Waals surface area contributed by atoms with E-state index in [0.717, 1.165) is 17.6 Å². The molecular formula is C13H13FN4S. The van der Waals surface area contributed by atoms with E-state index in [1.54, 1.807) is 24.3 Å². The Morgan fingerprint density at radius 3 is 3.00 bits per heavy atom. The Hall–Kier alpha value is -1.95. The molecule has 0 spiro atoms. The number of benzene rings is 1. The van der Waals surface area contributed by atoms with Crippen molar-refractivity contribution in [3.8, 4) is 0 Å². The molecule has 1 aromatic carbocycles. The van der Waals surface area contributed by atoms with Crippen molar-refractivity contribution in [2.45, 2.75) is 19.9 Å². The average Bonchev–Trinajstić information content (AvgIpc) is 2.96. The van der Waals surface area contributed by atoms with Crippen molar-refractivity contribution in [1.29, 1.82) is 0 Å². The first-order valence-electron chi connectivity index (χ1n) is 5.94. The zero-order chi connectivity index (χ0) is 13.4. The molecule has 3 aromatic rings. The number of halogens is 1. The minimum Gasteiger partial charge on any atom is -0.369 e. The van der Waals surface area contributed by atoms with Crippen molar-refractivity contribution < 1.29 is 4.39 Å². The number of aromatic nitrogens is 3. The van der Waals surface area contributed by atoms with Gasteiger partial charge in [-0.2, -0.15) is 0 Å². The molecule has 0 bridgehead atoms. The summed E-state index contributed by atoms with van der Waals surface area (Å²) < 4.78 is 15.4. The van der Waals surface area contributed by atoms with Gasteiger partial charge < -0.3 is 10.3 Å². The van der Waals surface area contributed by atoms with E-state index in [-0.39, 0.29) is 5.82 Å². The molecule has 0 saturated carbocycles. The zero-order valence-electron chi connectivity index (χ0n) is 10.4. The van der Waals surface area contributed by atoms with E-state index in [4.69, 9.17) is 5.73 Å². The summed E-state index contributed by atoms with van der Waals surface area (Å²) in [6, 6.07) is 3.22. The Bertz CT molecular complexity index is 718. The van der Waals surface area contributed by atoms with Gasteiger partial charge in [0.25, 0.3) is 0 Å². The van der Waals surface area contributed by atoms with E-state index in [0.29, 0.717) is 23.6 Å². The quantitative estimate of drug-likeness (QED) is 0.800. The summed E-state index contributed by atoms with van der Waals surface area (Å²) in [4.78, 5) is 8.44. The molecule has 19 heavy (non-hydrogen) atoms. The van der Waals surface area contributed by atoms with Crippen molar-refractivity contribution in [3.63, 3.8) is 0 Å². The molecule has 0 fully saturated rings. The monoisotopic (exact) mass is 276 g/mol. The standard InChI is InChI=1S/C13H13FN4S/c1-8-4-12-11(5-10(8)14)17-13(15)18(12)3-2-9-6-19-7-16-9/h4-7H,2-3H2,1H3,(H2,15,17). The van der Waals surface area contributed by atoms with Crippen LogP contribution in [0, 0.1) is 12.7 Å². The molecule has 2 aromatic heterocycles. The van der Waals surface area contributed by atoms with Crippen LogP contribution in [0.4, 0.5) is 10.3 Å². The summed E-state index contributed by atoms with van der Waals surface area (Å²) in [5, 5.41) is 2.01. The van der Waals surface area contributed by atoms with Gasteiger partial charge in [0.15, 0.2) is 0 Å². The molecule has 0 amide bonds. The summed E-state index contributed by atoms with van der Waals surface area (Å²) in [7, 11) is 0. The fraction of sp³-hybridized carbons (Fsp3) is 0.231. The number of fused-ring (bicyclic) bond motifs is 1. The number of thiazole rings is 1. The van der Waals surface area contributed by atoms with Crippen molar-refractivity contribution >= 4 is 28.3 Å². The predicted octanol–water partition coefficient (Wildman–Crippen LogP) is 2.77. The average molecular weight is 276 g/mol. The van der Waals surface area contributed by atoms with Gasteiger partial charge in [-0.1, -0.05) is 0 Å². The summed E-state index contributed by atoms with van der Waals surface area (Å²) in [6.07, 6.45) is 0.787. The molecule has 6 heteroatoms. The molecule has 0 unspecified atom stereocenters. The lowest BCUT2D eigenvalue weighted by atomic mass is 10.2. The van der Waals surface area contributed by atoms with Crippen molar-refractivity contribution in [3.05, 3.63) is 40.1 Å². The molecule has 0 aliphatic rings. The lowest BCUT2D eigenvalue weighted by molar-refractivity contribution is 0.620. The minimum absolute atomic E-state index is 0.253. The molecule has 0 aliphatic heterocycles. The van der Waals surface area contributed by atoms with E-state index in [1.165, 1.54) is 6.07 Å². The third kappa shape index (κ3) is 2.19. The van der Waals surface area contributed by atoms with Gasteiger partial charge in [0, 0.05) is 24.4 Å². The van der Waals surface area contributed by atoms with Gasteiger partial charge in [0.05, 0.1) is 22.2 Å². The summed E-state index contributed by atoms with van der Waals surface area (Å²) >= 11 is 1.57. The molecule has 0 aliphatic carbocycles. The number of hydrogen-bond acceptors (Lipinski definition) is 4. The lowest BCUT2D eigenvalue weighted by Gasteiger charge is -2.05. The highest BCUT2D eigenvalue weighted by Crippen LogP contribution is 2.22. The SMILES string of the molecule is Cc1cc2c(cc1F)nc(N)n2CCc1cscn1. The number of hydrogen-bond donors (Lipinski definition) is 1. The first-order chi connectivity index (χ1) is 9.15. The van der Waals surface area contributed by atoms with E-state index in [2.05, 4.69) is 9.97 Å². The van der Waals surface area contributed by atoms with E-state index >= 15 is 0 Å². The first-order valence-corrected chi connectivity index (χ1v) is 6.88. The van der Waals surface area contributed by atoms with Crippen LogP contribution in [0.15, 0.2) is 23.0 Å². The molecule has 2 heterocycles. The van der Waals surface area contributed by atoms with Crippen LogP contribution in [0.2, 0.25) is 0 Å². The van der Waals surface area contributed by atoms with Gasteiger partial charge in [-0.15, -0.1) is 11.3 Å². The molecule has 98 valence electrons. The van der Waals surface area contributed by atoms with Gasteiger partial charge in [-0.3, -0.25) is 0 Å². The van der Waals surface area contributed by atoms with Crippen LogP contribution in [0.5, 0.6) is 0 Å². The molecule has 0 saturated heterocycles. The van der Waals surface area contributed by atoms with Crippen LogP contribution in [0.25, 0.3) is 11.0 Å². The first kappa shape index (κ1) is 12.1. The number of nitrogens with two attached hydrogens (primary N) is 1. The Morgan fingerprint density at radius 2 is 2.26 bits per heavy atom. The second kappa shape index (κ2) is 4.62. The Kier molecular flexibility index (Phi) is 2.94. The number of nitrogen functional groups attached to an aromatic ring is 1. The van der Waals surface area contributed by atoms with Gasteiger partial charge in [0.1, 0.15) is 5.82 Å². The predicted molar refractivity (Wildman–Crippen MR) is 74.7 cm³/mol. The molecule has 3 rings (SSSR count). The largest absolute Gasteiger partial charge is 0.369 e. The highest BCUT2D eigenvalue weighted by atomic mass is 32.1. The maximum atomic E-state index is 13.5. The Balaban J connectivity index is 1.98. The van der Waals surface area contributed by atoms with E-state index in [9.17, 15) is 4.39 Å². The normalized spacial score (nSPS) is 11.3. The smallest absolute Gasteiger partial charge is 0.201 e. The maximum Gasteiger partial charge on any atom is 0.201 e. The van der Waals surface area contributed by atoms with Crippen LogP contribution in [0.1, 0.15) is 11.3 Å². The fourth-order valence-corrected chi connectivity index (χ4v) is 2.68.